The van der Waals surface area contributed by atoms with Crippen LogP contribution in [0.1, 0.15) is 39.5 Å². The van der Waals surface area contributed by atoms with E-state index in [4.69, 9.17) is 19.9 Å². The highest BCUT2D eigenvalue weighted by Gasteiger charge is 2.41. The molecule has 106 valence electrons. The van der Waals surface area contributed by atoms with Crippen molar-refractivity contribution in [1.82, 2.24) is 0 Å². The first-order valence-electron chi connectivity index (χ1n) is 7.26. The first-order chi connectivity index (χ1) is 8.67. The standard InChI is InChI=1S/C14H27NO3/c1-3-17-11(2)13(15)12-4-7-18-14(10-12)5-8-16-9-6-14/h11-13H,3-10,15H2,1-2H3. The third-order valence-corrected chi connectivity index (χ3v) is 4.45. The van der Waals surface area contributed by atoms with Crippen LogP contribution in [0.25, 0.3) is 0 Å². The van der Waals surface area contributed by atoms with Gasteiger partial charge in [-0.2, -0.15) is 0 Å². The molecule has 0 bridgehead atoms. The summed E-state index contributed by atoms with van der Waals surface area (Å²) in [4.78, 5) is 0. The molecule has 2 aliphatic heterocycles. The van der Waals surface area contributed by atoms with Crippen LogP contribution >= 0.6 is 0 Å². The van der Waals surface area contributed by atoms with Gasteiger partial charge in [-0.3, -0.25) is 0 Å². The second-order valence-electron chi connectivity index (χ2n) is 5.63. The topological polar surface area (TPSA) is 53.7 Å². The second-order valence-corrected chi connectivity index (χ2v) is 5.63. The summed E-state index contributed by atoms with van der Waals surface area (Å²) in [6, 6.07) is 0.119. The number of rotatable bonds is 4. The molecule has 2 N–H and O–H groups in total. The van der Waals surface area contributed by atoms with Crippen molar-refractivity contribution in [1.29, 1.82) is 0 Å². The van der Waals surface area contributed by atoms with Gasteiger partial charge in [0.1, 0.15) is 0 Å². The smallest absolute Gasteiger partial charge is 0.0729 e. The van der Waals surface area contributed by atoms with Crippen molar-refractivity contribution in [3.05, 3.63) is 0 Å². The summed E-state index contributed by atoms with van der Waals surface area (Å²) in [5, 5.41) is 0. The SMILES string of the molecule is CCOC(C)C(N)C1CCOC2(CCOCC2)C1. The van der Waals surface area contributed by atoms with E-state index in [9.17, 15) is 0 Å². The Morgan fingerprint density at radius 2 is 2.06 bits per heavy atom. The molecule has 0 amide bonds. The van der Waals surface area contributed by atoms with Crippen LogP contribution < -0.4 is 5.73 Å². The van der Waals surface area contributed by atoms with Gasteiger partial charge in [0.15, 0.2) is 0 Å². The molecule has 0 aromatic carbocycles. The normalized spacial score (nSPS) is 31.2. The molecule has 3 atom stereocenters. The summed E-state index contributed by atoms with van der Waals surface area (Å²) >= 11 is 0. The van der Waals surface area contributed by atoms with Crippen molar-refractivity contribution in [2.24, 2.45) is 11.7 Å². The van der Waals surface area contributed by atoms with Crippen LogP contribution in [0.4, 0.5) is 0 Å². The molecule has 4 heteroatoms. The molecule has 2 heterocycles. The van der Waals surface area contributed by atoms with Gasteiger partial charge in [0.25, 0.3) is 0 Å². The third kappa shape index (κ3) is 3.23. The van der Waals surface area contributed by atoms with Crippen molar-refractivity contribution < 1.29 is 14.2 Å². The van der Waals surface area contributed by atoms with Gasteiger partial charge in [0.05, 0.1) is 11.7 Å². The minimum Gasteiger partial charge on any atom is -0.381 e. The summed E-state index contributed by atoms with van der Waals surface area (Å²) < 4.78 is 17.1. The number of hydrogen-bond donors (Lipinski definition) is 1. The predicted octanol–water partition coefficient (Wildman–Crippen LogP) is 1.71. The van der Waals surface area contributed by atoms with Gasteiger partial charge in [-0.15, -0.1) is 0 Å². The lowest BCUT2D eigenvalue weighted by atomic mass is 9.77. The van der Waals surface area contributed by atoms with E-state index in [1.165, 1.54) is 0 Å². The van der Waals surface area contributed by atoms with E-state index in [-0.39, 0.29) is 17.7 Å². The summed E-state index contributed by atoms with van der Waals surface area (Å²) in [6.07, 6.45) is 4.28. The quantitative estimate of drug-likeness (QED) is 0.833. The van der Waals surface area contributed by atoms with Gasteiger partial charge in [-0.25, -0.2) is 0 Å². The zero-order valence-corrected chi connectivity index (χ0v) is 11.7. The van der Waals surface area contributed by atoms with Crippen molar-refractivity contribution in [3.63, 3.8) is 0 Å². The molecule has 0 saturated carbocycles. The summed E-state index contributed by atoms with van der Waals surface area (Å²) in [7, 11) is 0. The molecule has 0 aromatic rings. The number of hydrogen-bond acceptors (Lipinski definition) is 4. The van der Waals surface area contributed by atoms with E-state index in [1.54, 1.807) is 0 Å². The van der Waals surface area contributed by atoms with Crippen LogP contribution in [-0.2, 0) is 14.2 Å². The average molecular weight is 257 g/mol. The van der Waals surface area contributed by atoms with Crippen molar-refractivity contribution in [2.45, 2.75) is 57.3 Å². The molecule has 2 rings (SSSR count). The van der Waals surface area contributed by atoms with Crippen LogP contribution in [-0.4, -0.2) is 44.2 Å². The highest BCUT2D eigenvalue weighted by atomic mass is 16.5. The van der Waals surface area contributed by atoms with Gasteiger partial charge in [0.2, 0.25) is 0 Å². The van der Waals surface area contributed by atoms with E-state index in [0.717, 1.165) is 52.1 Å². The molecule has 2 aliphatic rings. The summed E-state index contributed by atoms with van der Waals surface area (Å²) in [6.45, 7) is 7.31. The van der Waals surface area contributed by atoms with Gasteiger partial charge in [0, 0.05) is 32.5 Å². The molecular weight excluding hydrogens is 230 g/mol. The van der Waals surface area contributed by atoms with E-state index in [2.05, 4.69) is 6.92 Å². The van der Waals surface area contributed by atoms with Crippen molar-refractivity contribution >= 4 is 0 Å². The maximum absolute atomic E-state index is 6.36. The molecule has 4 nitrogen and oxygen atoms in total. The van der Waals surface area contributed by atoms with Crippen LogP contribution in [0.2, 0.25) is 0 Å². The maximum Gasteiger partial charge on any atom is 0.0729 e. The van der Waals surface area contributed by atoms with E-state index in [0.29, 0.717) is 5.92 Å². The fourth-order valence-electron chi connectivity index (χ4n) is 3.24. The Kier molecular flexibility index (Phi) is 5.01. The molecule has 2 fully saturated rings. The minimum absolute atomic E-state index is 0.0325. The van der Waals surface area contributed by atoms with Gasteiger partial charge in [-0.05, 0) is 45.4 Å². The average Bonchev–Trinajstić information content (AvgIpc) is 2.39. The first-order valence-corrected chi connectivity index (χ1v) is 7.26. The predicted molar refractivity (Wildman–Crippen MR) is 70.5 cm³/mol. The maximum atomic E-state index is 6.36. The highest BCUT2D eigenvalue weighted by molar-refractivity contribution is 4.93. The van der Waals surface area contributed by atoms with Crippen LogP contribution in [0.3, 0.4) is 0 Å². The molecule has 18 heavy (non-hydrogen) atoms. The van der Waals surface area contributed by atoms with Gasteiger partial charge >= 0.3 is 0 Å². The number of ether oxygens (including phenoxy) is 3. The lowest BCUT2D eigenvalue weighted by Crippen LogP contribution is -2.51. The summed E-state index contributed by atoms with van der Waals surface area (Å²) in [5.41, 5.74) is 6.39. The largest absolute Gasteiger partial charge is 0.381 e. The van der Waals surface area contributed by atoms with E-state index >= 15 is 0 Å². The van der Waals surface area contributed by atoms with Crippen LogP contribution in [0.15, 0.2) is 0 Å². The van der Waals surface area contributed by atoms with E-state index < -0.39 is 0 Å². The van der Waals surface area contributed by atoms with Gasteiger partial charge < -0.3 is 19.9 Å². The van der Waals surface area contributed by atoms with Crippen LogP contribution in [0, 0.1) is 5.92 Å². The molecule has 1 spiro atoms. The van der Waals surface area contributed by atoms with E-state index in [1.807, 2.05) is 6.92 Å². The number of nitrogens with two attached hydrogens (primary N) is 1. The Balaban J connectivity index is 1.93. The molecule has 3 unspecified atom stereocenters. The van der Waals surface area contributed by atoms with Gasteiger partial charge in [-0.1, -0.05) is 0 Å². The fourth-order valence-corrected chi connectivity index (χ4v) is 3.24. The monoisotopic (exact) mass is 257 g/mol. The Bertz CT molecular complexity index is 248. The third-order valence-electron chi connectivity index (χ3n) is 4.45. The zero-order chi connectivity index (χ0) is 13.0. The van der Waals surface area contributed by atoms with Crippen molar-refractivity contribution in [3.8, 4) is 0 Å². The minimum atomic E-state index is 0.0325. The summed E-state index contributed by atoms with van der Waals surface area (Å²) in [5.74, 6) is 0.512. The molecular formula is C14H27NO3. The highest BCUT2D eigenvalue weighted by Crippen LogP contribution is 2.38. The Morgan fingerprint density at radius 1 is 1.33 bits per heavy atom. The fraction of sp³-hybridized carbons (Fsp3) is 1.00. The zero-order valence-electron chi connectivity index (χ0n) is 11.7. The first kappa shape index (κ1) is 14.3. The Hall–Kier alpha value is -0.160. The molecule has 0 aliphatic carbocycles. The van der Waals surface area contributed by atoms with Crippen molar-refractivity contribution in [2.75, 3.05) is 26.4 Å². The molecule has 0 radical (unpaired) electrons. The lowest BCUT2D eigenvalue weighted by molar-refractivity contribution is -0.152. The van der Waals surface area contributed by atoms with Crippen LogP contribution in [0.5, 0.6) is 0 Å². The molecule has 0 aromatic heterocycles. The lowest BCUT2D eigenvalue weighted by Gasteiger charge is -2.45. The Labute approximate surface area is 110 Å². The second kappa shape index (κ2) is 6.33. The Morgan fingerprint density at radius 3 is 2.72 bits per heavy atom. The molecule has 2 saturated heterocycles.